The van der Waals surface area contributed by atoms with Gasteiger partial charge in [-0.3, -0.25) is 4.98 Å². The largest absolute Gasteiger partial charge is 0.494 e. The molecule has 3 aromatic rings. The molecule has 1 aliphatic rings. The number of aromatic nitrogens is 1. The van der Waals surface area contributed by atoms with Gasteiger partial charge in [0.1, 0.15) is 17.3 Å². The summed E-state index contributed by atoms with van der Waals surface area (Å²) in [6.07, 6.45) is 5.95. The molecule has 4 rings (SSSR count). The maximum atomic E-state index is 6.50. The minimum atomic E-state index is 0.133. The first-order valence-electron chi connectivity index (χ1n) is 11.2. The zero-order valence-corrected chi connectivity index (χ0v) is 21.1. The lowest BCUT2D eigenvalue weighted by atomic mass is 10.1. The van der Waals surface area contributed by atoms with Crippen molar-refractivity contribution in [3.05, 3.63) is 77.5 Å². The van der Waals surface area contributed by atoms with Crippen LogP contribution >= 0.6 is 8.58 Å². The van der Waals surface area contributed by atoms with Gasteiger partial charge in [0.15, 0.2) is 11.5 Å². The van der Waals surface area contributed by atoms with Gasteiger partial charge < -0.3 is 18.9 Å². The molecule has 1 aromatic heterocycles. The smallest absolute Gasteiger partial charge is 0.162 e. The summed E-state index contributed by atoms with van der Waals surface area (Å²) in [5.74, 6) is 3.80. The van der Waals surface area contributed by atoms with Crippen molar-refractivity contribution >= 4 is 19.5 Å². The van der Waals surface area contributed by atoms with Crippen molar-refractivity contribution in [3.8, 4) is 23.0 Å². The van der Waals surface area contributed by atoms with Gasteiger partial charge >= 0.3 is 0 Å². The van der Waals surface area contributed by atoms with Crippen LogP contribution in [0.5, 0.6) is 23.0 Å². The number of pyridine rings is 1. The molecular weight excluding hydrogens is 433 g/mol. The van der Waals surface area contributed by atoms with Gasteiger partial charge in [-0.1, -0.05) is 46.0 Å². The highest BCUT2D eigenvalue weighted by Gasteiger charge is 2.23. The lowest BCUT2D eigenvalue weighted by molar-refractivity contribution is 0.339. The molecule has 0 bridgehead atoms. The molecule has 0 saturated carbocycles. The third-order valence-corrected chi connectivity index (χ3v) is 6.62. The minimum Gasteiger partial charge on any atom is -0.494 e. The van der Waals surface area contributed by atoms with Gasteiger partial charge in [-0.05, 0) is 49.8 Å². The van der Waals surface area contributed by atoms with Crippen molar-refractivity contribution in [2.75, 3.05) is 20.8 Å². The maximum Gasteiger partial charge on any atom is 0.162 e. The first-order valence-corrected chi connectivity index (χ1v) is 12.3. The monoisotopic (exact) mass is 465 g/mol. The summed E-state index contributed by atoms with van der Waals surface area (Å²) in [7, 11) is 3.84. The Kier molecular flexibility index (Phi) is 8.73. The van der Waals surface area contributed by atoms with Crippen molar-refractivity contribution in [1.29, 1.82) is 0 Å². The summed E-state index contributed by atoms with van der Waals surface area (Å²) in [4.78, 5) is 4.48. The topological polar surface area (TPSA) is 49.8 Å². The van der Waals surface area contributed by atoms with E-state index in [0.717, 1.165) is 28.2 Å². The van der Waals surface area contributed by atoms with E-state index in [9.17, 15) is 0 Å². The molecule has 2 aromatic carbocycles. The molecule has 0 fully saturated rings. The molecular formula is C27H32NO4P. The number of allylic oxidation sites excluding steroid dienone is 4. The second kappa shape index (κ2) is 11.7. The van der Waals surface area contributed by atoms with E-state index in [4.69, 9.17) is 18.9 Å². The molecule has 2 atom stereocenters. The fourth-order valence-corrected chi connectivity index (χ4v) is 4.88. The van der Waals surface area contributed by atoms with Crippen LogP contribution in [0.2, 0.25) is 0 Å². The van der Waals surface area contributed by atoms with Gasteiger partial charge in [0.25, 0.3) is 0 Å². The Morgan fingerprint density at radius 3 is 2.42 bits per heavy atom. The molecule has 0 spiro atoms. The first-order chi connectivity index (χ1) is 16.1. The molecule has 0 radical (unpaired) electrons. The Morgan fingerprint density at radius 2 is 1.70 bits per heavy atom. The Balaban J connectivity index is 0.00000149. The highest BCUT2D eigenvalue weighted by molar-refractivity contribution is 7.43. The molecule has 0 saturated heterocycles. The van der Waals surface area contributed by atoms with Gasteiger partial charge in [0.2, 0.25) is 0 Å². The van der Waals surface area contributed by atoms with Crippen LogP contribution in [-0.4, -0.2) is 25.8 Å². The van der Waals surface area contributed by atoms with Crippen LogP contribution in [0.15, 0.2) is 71.9 Å². The second-order valence-corrected chi connectivity index (χ2v) is 8.79. The zero-order valence-electron chi connectivity index (χ0n) is 20.1. The van der Waals surface area contributed by atoms with Crippen LogP contribution in [0.4, 0.5) is 0 Å². The van der Waals surface area contributed by atoms with Gasteiger partial charge in [-0.2, -0.15) is 0 Å². The third-order valence-electron chi connectivity index (χ3n) is 5.09. The van der Waals surface area contributed by atoms with E-state index in [0.29, 0.717) is 26.7 Å². The Bertz CT molecular complexity index is 1160. The number of benzene rings is 2. The molecule has 174 valence electrons. The number of ether oxygens (including phenoxy) is 4. The second-order valence-electron chi connectivity index (χ2n) is 7.14. The quantitative estimate of drug-likeness (QED) is 0.343. The number of fused-ring (bicyclic) bond motifs is 1. The fourth-order valence-electron chi connectivity index (χ4n) is 3.60. The highest BCUT2D eigenvalue weighted by Crippen LogP contribution is 2.49. The number of nitrogens with zero attached hydrogens (tertiary/aromatic N) is 1. The minimum absolute atomic E-state index is 0.133. The molecule has 2 unspecified atom stereocenters. The average Bonchev–Trinajstić information content (AvgIpc) is 2.86. The SMILES string of the molecule is CC.CCOc1cccc(C2PC(C)=CC=C2Oc2ccnc3cc(OC)c(OC)cc23)c1. The van der Waals surface area contributed by atoms with Crippen molar-refractivity contribution in [2.45, 2.75) is 33.4 Å². The van der Waals surface area contributed by atoms with E-state index in [-0.39, 0.29) is 5.66 Å². The van der Waals surface area contributed by atoms with E-state index in [2.05, 4.69) is 36.2 Å². The van der Waals surface area contributed by atoms with Gasteiger partial charge in [0, 0.05) is 17.6 Å². The molecule has 2 heterocycles. The van der Waals surface area contributed by atoms with E-state index in [1.54, 1.807) is 20.4 Å². The predicted molar refractivity (Wildman–Crippen MR) is 137 cm³/mol. The number of methoxy groups -OCH3 is 2. The van der Waals surface area contributed by atoms with Gasteiger partial charge in [0.05, 0.1) is 32.0 Å². The Hall–Kier alpha value is -3.04. The van der Waals surface area contributed by atoms with E-state index >= 15 is 0 Å². The molecule has 0 amide bonds. The predicted octanol–water partition coefficient (Wildman–Crippen LogP) is 7.28. The standard InChI is InChI=1S/C25H26NO4P.C2H6/c1-5-29-18-8-6-7-17(13-18)25-22(10-9-16(2)31-25)30-21-11-12-26-20-15-24(28-4)23(27-3)14-19(20)21;1-2/h6-15,25,31H,5H2,1-4H3;1-2H3. The van der Waals surface area contributed by atoms with Crippen molar-refractivity contribution in [1.82, 2.24) is 4.98 Å². The van der Waals surface area contributed by atoms with E-state index in [1.165, 1.54) is 10.9 Å². The fraction of sp³-hybridized carbons (Fsp3) is 0.296. The molecule has 1 aliphatic heterocycles. The summed E-state index contributed by atoms with van der Waals surface area (Å²) < 4.78 is 23.1. The highest BCUT2D eigenvalue weighted by atomic mass is 31.1. The Labute approximate surface area is 198 Å². The summed E-state index contributed by atoms with van der Waals surface area (Å²) in [5, 5.41) is 2.21. The summed E-state index contributed by atoms with van der Waals surface area (Å²) in [5.41, 5.74) is 2.10. The van der Waals surface area contributed by atoms with Crippen LogP contribution in [0.1, 0.15) is 38.9 Å². The first kappa shape index (κ1) is 24.6. The Morgan fingerprint density at radius 1 is 0.939 bits per heavy atom. The van der Waals surface area contributed by atoms with Crippen LogP contribution in [-0.2, 0) is 0 Å². The van der Waals surface area contributed by atoms with Crippen LogP contribution in [0, 0.1) is 0 Å². The summed E-state index contributed by atoms with van der Waals surface area (Å²) in [6, 6.07) is 13.9. The lowest BCUT2D eigenvalue weighted by Crippen LogP contribution is -2.08. The zero-order chi connectivity index (χ0) is 23.8. The number of rotatable bonds is 7. The van der Waals surface area contributed by atoms with E-state index in [1.807, 2.05) is 51.1 Å². The van der Waals surface area contributed by atoms with Gasteiger partial charge in [-0.25, -0.2) is 0 Å². The molecule has 6 heteroatoms. The van der Waals surface area contributed by atoms with Gasteiger partial charge in [-0.15, -0.1) is 0 Å². The molecule has 33 heavy (non-hydrogen) atoms. The van der Waals surface area contributed by atoms with Crippen molar-refractivity contribution in [2.24, 2.45) is 0 Å². The normalized spacial score (nSPS) is 15.8. The number of hydrogen-bond acceptors (Lipinski definition) is 5. The number of hydrogen-bond donors (Lipinski definition) is 0. The summed E-state index contributed by atoms with van der Waals surface area (Å²) >= 11 is 0. The maximum absolute atomic E-state index is 6.50. The van der Waals surface area contributed by atoms with E-state index < -0.39 is 0 Å². The lowest BCUT2D eigenvalue weighted by Gasteiger charge is -2.25. The molecule has 5 nitrogen and oxygen atoms in total. The summed E-state index contributed by atoms with van der Waals surface area (Å²) in [6.45, 7) is 8.79. The average molecular weight is 466 g/mol. The van der Waals surface area contributed by atoms with Crippen LogP contribution in [0.25, 0.3) is 10.9 Å². The van der Waals surface area contributed by atoms with Crippen molar-refractivity contribution in [3.63, 3.8) is 0 Å². The molecule has 0 N–H and O–H groups in total. The van der Waals surface area contributed by atoms with Crippen LogP contribution in [0.3, 0.4) is 0 Å². The molecule has 0 aliphatic carbocycles. The third kappa shape index (κ3) is 5.66. The van der Waals surface area contributed by atoms with Crippen LogP contribution < -0.4 is 18.9 Å². The van der Waals surface area contributed by atoms with Crippen molar-refractivity contribution < 1.29 is 18.9 Å².